The molecule has 0 atom stereocenters. The Morgan fingerprint density at radius 1 is 1.14 bits per heavy atom. The molecule has 1 saturated heterocycles. The van der Waals surface area contributed by atoms with Crippen LogP contribution in [0.1, 0.15) is 36.5 Å². The molecule has 2 heterocycles. The molecule has 28 heavy (non-hydrogen) atoms. The molecule has 146 valence electrons. The standard InChI is InChI=1S/C23H26N2O2S/c1-3-17-7-9-18(10-8-17)15-21(26)25-13-11-19(12-14-25)27-23-24-22-16(2)5-4-6-20(22)28-23/h4-10,19H,3,11-15H2,1-2H3. The highest BCUT2D eigenvalue weighted by Crippen LogP contribution is 2.31. The maximum Gasteiger partial charge on any atom is 0.274 e. The molecule has 4 rings (SSSR count). The van der Waals surface area contributed by atoms with Gasteiger partial charge in [0.2, 0.25) is 5.91 Å². The third-order valence-electron chi connectivity index (χ3n) is 5.45. The number of nitrogens with zero attached hydrogens (tertiary/aromatic N) is 2. The zero-order chi connectivity index (χ0) is 19.5. The molecule has 5 heteroatoms. The number of fused-ring (bicyclic) bond motifs is 1. The van der Waals surface area contributed by atoms with Gasteiger partial charge in [0.15, 0.2) is 0 Å². The van der Waals surface area contributed by atoms with E-state index in [-0.39, 0.29) is 12.0 Å². The van der Waals surface area contributed by atoms with Crippen molar-refractivity contribution in [2.24, 2.45) is 0 Å². The number of rotatable bonds is 5. The van der Waals surface area contributed by atoms with Crippen LogP contribution in [0.25, 0.3) is 10.2 Å². The van der Waals surface area contributed by atoms with E-state index in [0.717, 1.165) is 53.3 Å². The number of piperidine rings is 1. The second kappa shape index (κ2) is 8.31. The van der Waals surface area contributed by atoms with E-state index in [0.29, 0.717) is 6.42 Å². The van der Waals surface area contributed by atoms with Gasteiger partial charge in [-0.3, -0.25) is 4.79 Å². The molecule has 1 aliphatic rings. The van der Waals surface area contributed by atoms with Gasteiger partial charge >= 0.3 is 0 Å². The first-order valence-electron chi connectivity index (χ1n) is 10.0. The predicted octanol–water partition coefficient (Wildman–Crippen LogP) is 4.78. The second-order valence-electron chi connectivity index (χ2n) is 7.45. The van der Waals surface area contributed by atoms with Crippen LogP contribution in [0.4, 0.5) is 0 Å². The van der Waals surface area contributed by atoms with Gasteiger partial charge in [-0.25, -0.2) is 4.98 Å². The number of hydrogen-bond acceptors (Lipinski definition) is 4. The maximum atomic E-state index is 12.6. The van der Waals surface area contributed by atoms with Crippen LogP contribution >= 0.6 is 11.3 Å². The summed E-state index contributed by atoms with van der Waals surface area (Å²) in [5.74, 6) is 0.207. The molecule has 1 fully saturated rings. The molecular weight excluding hydrogens is 368 g/mol. The third-order valence-corrected chi connectivity index (χ3v) is 6.36. The van der Waals surface area contributed by atoms with Crippen molar-refractivity contribution in [2.75, 3.05) is 13.1 Å². The van der Waals surface area contributed by atoms with Crippen LogP contribution in [-0.2, 0) is 17.6 Å². The molecule has 1 aliphatic heterocycles. The molecule has 0 unspecified atom stereocenters. The molecule has 0 saturated carbocycles. The average Bonchev–Trinajstić information content (AvgIpc) is 3.13. The Morgan fingerprint density at radius 2 is 1.86 bits per heavy atom. The van der Waals surface area contributed by atoms with E-state index in [9.17, 15) is 4.79 Å². The SMILES string of the molecule is CCc1ccc(CC(=O)N2CCC(Oc3nc4c(C)cccc4s3)CC2)cc1. The minimum Gasteiger partial charge on any atom is -0.467 e. The second-order valence-corrected chi connectivity index (χ2v) is 8.44. The van der Waals surface area contributed by atoms with Crippen molar-refractivity contribution >= 4 is 27.5 Å². The van der Waals surface area contributed by atoms with Crippen LogP contribution in [0, 0.1) is 6.92 Å². The van der Waals surface area contributed by atoms with E-state index < -0.39 is 0 Å². The minimum atomic E-state index is 0.133. The molecule has 0 spiro atoms. The number of likely N-dealkylation sites (tertiary alicyclic amines) is 1. The zero-order valence-electron chi connectivity index (χ0n) is 16.5. The van der Waals surface area contributed by atoms with Crippen molar-refractivity contribution in [1.29, 1.82) is 0 Å². The van der Waals surface area contributed by atoms with Crippen LogP contribution in [0.5, 0.6) is 5.19 Å². The quantitative estimate of drug-likeness (QED) is 0.625. The summed E-state index contributed by atoms with van der Waals surface area (Å²) in [6.45, 7) is 5.72. The summed E-state index contributed by atoms with van der Waals surface area (Å²) < 4.78 is 7.30. The molecule has 1 amide bonds. The van der Waals surface area contributed by atoms with Gasteiger partial charge in [0.1, 0.15) is 6.10 Å². The lowest BCUT2D eigenvalue weighted by atomic mass is 10.0. The Bertz CT molecular complexity index is 956. The smallest absolute Gasteiger partial charge is 0.274 e. The normalized spacial score (nSPS) is 15.1. The lowest BCUT2D eigenvalue weighted by Crippen LogP contribution is -2.42. The average molecular weight is 395 g/mol. The van der Waals surface area contributed by atoms with Gasteiger partial charge in [-0.1, -0.05) is 54.7 Å². The van der Waals surface area contributed by atoms with Gasteiger partial charge in [0, 0.05) is 25.9 Å². The van der Waals surface area contributed by atoms with Crippen LogP contribution in [-0.4, -0.2) is 35.0 Å². The Kier molecular flexibility index (Phi) is 5.62. The van der Waals surface area contributed by atoms with E-state index in [1.807, 2.05) is 4.90 Å². The topological polar surface area (TPSA) is 42.4 Å². The van der Waals surface area contributed by atoms with Crippen molar-refractivity contribution in [2.45, 2.75) is 45.6 Å². The molecule has 0 bridgehead atoms. The molecule has 0 aliphatic carbocycles. The third kappa shape index (κ3) is 4.20. The number of hydrogen-bond donors (Lipinski definition) is 0. The fourth-order valence-electron chi connectivity index (χ4n) is 3.66. The lowest BCUT2D eigenvalue weighted by Gasteiger charge is -2.31. The molecule has 1 aromatic heterocycles. The van der Waals surface area contributed by atoms with E-state index >= 15 is 0 Å². The first-order valence-corrected chi connectivity index (χ1v) is 10.8. The summed E-state index contributed by atoms with van der Waals surface area (Å²) in [6, 6.07) is 14.6. The maximum absolute atomic E-state index is 12.6. The largest absolute Gasteiger partial charge is 0.467 e. The van der Waals surface area contributed by atoms with Crippen LogP contribution in [0.3, 0.4) is 0 Å². The van der Waals surface area contributed by atoms with E-state index in [4.69, 9.17) is 4.74 Å². The van der Waals surface area contributed by atoms with Crippen LogP contribution in [0.15, 0.2) is 42.5 Å². The number of carbonyl (C=O) groups is 1. The first kappa shape index (κ1) is 18.9. The minimum absolute atomic E-state index is 0.133. The zero-order valence-corrected chi connectivity index (χ0v) is 17.3. The monoisotopic (exact) mass is 394 g/mol. The summed E-state index contributed by atoms with van der Waals surface area (Å²) in [6.07, 6.45) is 3.35. The van der Waals surface area contributed by atoms with E-state index in [2.05, 4.69) is 61.3 Å². The highest BCUT2D eigenvalue weighted by atomic mass is 32.1. The molecule has 0 radical (unpaired) electrons. The number of aromatic nitrogens is 1. The number of aryl methyl sites for hydroxylation is 2. The van der Waals surface area contributed by atoms with Gasteiger partial charge in [-0.05, 0) is 36.1 Å². The number of ether oxygens (including phenoxy) is 1. The molecule has 0 N–H and O–H groups in total. The first-order chi connectivity index (χ1) is 13.6. The van der Waals surface area contributed by atoms with Crippen molar-refractivity contribution in [3.05, 3.63) is 59.2 Å². The van der Waals surface area contributed by atoms with Gasteiger partial charge < -0.3 is 9.64 Å². The fourth-order valence-corrected chi connectivity index (χ4v) is 4.62. The summed E-state index contributed by atoms with van der Waals surface area (Å²) in [5, 5.41) is 0.741. The predicted molar refractivity (Wildman–Crippen MR) is 114 cm³/mol. The number of thiazole rings is 1. The van der Waals surface area contributed by atoms with E-state index in [1.54, 1.807) is 11.3 Å². The van der Waals surface area contributed by atoms with Gasteiger partial charge in [-0.2, -0.15) is 0 Å². The highest BCUT2D eigenvalue weighted by molar-refractivity contribution is 7.20. The van der Waals surface area contributed by atoms with Crippen molar-refractivity contribution in [3.63, 3.8) is 0 Å². The fraction of sp³-hybridized carbons (Fsp3) is 0.391. The summed E-state index contributed by atoms with van der Waals surface area (Å²) in [4.78, 5) is 19.2. The van der Waals surface area contributed by atoms with Crippen molar-refractivity contribution in [3.8, 4) is 5.19 Å². The highest BCUT2D eigenvalue weighted by Gasteiger charge is 2.24. The molecular formula is C23H26N2O2S. The van der Waals surface area contributed by atoms with Gasteiger partial charge in [-0.15, -0.1) is 0 Å². The molecule has 3 aromatic rings. The number of para-hydroxylation sites is 1. The summed E-state index contributed by atoms with van der Waals surface area (Å²) in [5.41, 5.74) is 4.60. The Balaban J connectivity index is 1.30. The van der Waals surface area contributed by atoms with Crippen molar-refractivity contribution in [1.82, 2.24) is 9.88 Å². The van der Waals surface area contributed by atoms with Crippen LogP contribution < -0.4 is 4.74 Å². The van der Waals surface area contributed by atoms with Crippen molar-refractivity contribution < 1.29 is 9.53 Å². The summed E-state index contributed by atoms with van der Waals surface area (Å²) >= 11 is 1.60. The number of amides is 1. The van der Waals surface area contributed by atoms with Crippen LogP contribution in [0.2, 0.25) is 0 Å². The lowest BCUT2D eigenvalue weighted by molar-refractivity contribution is -0.132. The summed E-state index contributed by atoms with van der Waals surface area (Å²) in [7, 11) is 0. The Hall–Kier alpha value is -2.40. The Labute approximate surface area is 170 Å². The van der Waals surface area contributed by atoms with Gasteiger partial charge in [0.05, 0.1) is 16.6 Å². The Morgan fingerprint density at radius 3 is 2.54 bits per heavy atom. The number of benzene rings is 2. The van der Waals surface area contributed by atoms with Gasteiger partial charge in [0.25, 0.3) is 5.19 Å². The molecule has 2 aromatic carbocycles. The number of carbonyl (C=O) groups excluding carboxylic acids is 1. The van der Waals surface area contributed by atoms with E-state index in [1.165, 1.54) is 11.1 Å². The molecule has 4 nitrogen and oxygen atoms in total.